The Hall–Kier alpha value is -1.87. The summed E-state index contributed by atoms with van der Waals surface area (Å²) < 4.78 is 0. The van der Waals surface area contributed by atoms with Crippen molar-refractivity contribution in [3.05, 3.63) is 62.9 Å². The average Bonchev–Trinajstić information content (AvgIpc) is 2.85. The molecule has 1 atom stereocenters. The van der Waals surface area contributed by atoms with Crippen molar-refractivity contribution in [2.45, 2.75) is 46.0 Å². The third-order valence-electron chi connectivity index (χ3n) is 5.23. The molecule has 0 fully saturated rings. The van der Waals surface area contributed by atoms with Gasteiger partial charge >= 0.3 is 0 Å². The number of benzene rings is 1. The lowest BCUT2D eigenvalue weighted by molar-refractivity contribution is -0.118. The van der Waals surface area contributed by atoms with Gasteiger partial charge in [-0.3, -0.25) is 9.89 Å². The van der Waals surface area contributed by atoms with E-state index in [-0.39, 0.29) is 17.1 Å². The molecule has 4 rings (SSSR count). The van der Waals surface area contributed by atoms with Crippen LogP contribution in [0.15, 0.2) is 35.4 Å². The van der Waals surface area contributed by atoms with E-state index in [2.05, 4.69) is 30.1 Å². The Morgan fingerprint density at radius 2 is 2.08 bits per heavy atom. The Bertz CT molecular complexity index is 876. The van der Waals surface area contributed by atoms with Gasteiger partial charge in [0.15, 0.2) is 5.78 Å². The molecule has 0 amide bonds. The monoisotopic (exact) mass is 340 g/mol. The van der Waals surface area contributed by atoms with Crippen LogP contribution in [0.2, 0.25) is 5.02 Å². The highest BCUT2D eigenvalue weighted by molar-refractivity contribution is 6.30. The molecule has 0 saturated heterocycles. The van der Waals surface area contributed by atoms with Gasteiger partial charge in [-0.25, -0.2) is 0 Å². The first-order valence-corrected chi connectivity index (χ1v) is 8.78. The smallest absolute Gasteiger partial charge is 0.160 e. The highest BCUT2D eigenvalue weighted by Crippen LogP contribution is 2.49. The molecule has 2 aliphatic rings. The maximum Gasteiger partial charge on any atom is 0.160 e. The van der Waals surface area contributed by atoms with Gasteiger partial charge in [0, 0.05) is 40.6 Å². The van der Waals surface area contributed by atoms with E-state index in [1.807, 2.05) is 25.1 Å². The van der Waals surface area contributed by atoms with Crippen molar-refractivity contribution >= 4 is 17.4 Å². The van der Waals surface area contributed by atoms with Crippen LogP contribution in [-0.4, -0.2) is 16.0 Å². The van der Waals surface area contributed by atoms with E-state index in [1.54, 1.807) is 0 Å². The maximum absolute atomic E-state index is 13.0. The molecule has 0 bridgehead atoms. The minimum Gasteiger partial charge on any atom is -0.294 e. The SMILES string of the molecule is Cc1[nH]nc2c1C(c1cccc(Cl)c1)C1=C(C2)CC(C)(C)CC1=O. The van der Waals surface area contributed by atoms with E-state index in [1.165, 1.54) is 5.57 Å². The van der Waals surface area contributed by atoms with Gasteiger partial charge in [0.1, 0.15) is 0 Å². The molecule has 2 aromatic rings. The number of allylic oxidation sites excluding steroid dienone is 2. The number of carbonyl (C=O) groups excluding carboxylic acids is 1. The number of hydrogen-bond donors (Lipinski definition) is 1. The number of hydrogen-bond acceptors (Lipinski definition) is 2. The molecule has 1 aromatic carbocycles. The van der Waals surface area contributed by atoms with E-state index in [0.717, 1.165) is 40.9 Å². The van der Waals surface area contributed by atoms with Crippen LogP contribution in [0.5, 0.6) is 0 Å². The lowest BCUT2D eigenvalue weighted by Gasteiger charge is -2.38. The second kappa shape index (κ2) is 5.32. The summed E-state index contributed by atoms with van der Waals surface area (Å²) in [6, 6.07) is 7.87. The van der Waals surface area contributed by atoms with Crippen molar-refractivity contribution in [3.63, 3.8) is 0 Å². The van der Waals surface area contributed by atoms with E-state index in [9.17, 15) is 4.79 Å². The number of ketones is 1. The van der Waals surface area contributed by atoms with Gasteiger partial charge in [0.2, 0.25) is 0 Å². The highest BCUT2D eigenvalue weighted by atomic mass is 35.5. The molecule has 3 nitrogen and oxygen atoms in total. The van der Waals surface area contributed by atoms with E-state index >= 15 is 0 Å². The number of aromatic nitrogens is 2. The van der Waals surface area contributed by atoms with Crippen LogP contribution in [0, 0.1) is 12.3 Å². The molecule has 0 radical (unpaired) electrons. The Morgan fingerprint density at radius 1 is 1.29 bits per heavy atom. The summed E-state index contributed by atoms with van der Waals surface area (Å²) >= 11 is 6.24. The van der Waals surface area contributed by atoms with Gasteiger partial charge in [-0.15, -0.1) is 0 Å². The van der Waals surface area contributed by atoms with Crippen LogP contribution in [0.25, 0.3) is 0 Å². The van der Waals surface area contributed by atoms with Crippen LogP contribution in [0.1, 0.15) is 55.1 Å². The largest absolute Gasteiger partial charge is 0.294 e. The number of nitrogens with zero attached hydrogens (tertiary/aromatic N) is 1. The summed E-state index contributed by atoms with van der Waals surface area (Å²) in [5.41, 5.74) is 6.60. The van der Waals surface area contributed by atoms with Crippen molar-refractivity contribution in [2.24, 2.45) is 5.41 Å². The first-order chi connectivity index (χ1) is 11.4. The van der Waals surface area contributed by atoms with E-state index in [0.29, 0.717) is 11.4 Å². The van der Waals surface area contributed by atoms with Crippen molar-refractivity contribution in [1.29, 1.82) is 0 Å². The van der Waals surface area contributed by atoms with E-state index < -0.39 is 0 Å². The fraction of sp³-hybridized carbons (Fsp3) is 0.400. The van der Waals surface area contributed by atoms with Crippen molar-refractivity contribution in [2.75, 3.05) is 0 Å². The second-order valence-corrected chi connectivity index (χ2v) is 8.27. The van der Waals surface area contributed by atoms with Crippen LogP contribution in [0.4, 0.5) is 0 Å². The predicted octanol–water partition coefficient (Wildman–Crippen LogP) is 4.75. The van der Waals surface area contributed by atoms with Crippen LogP contribution in [0.3, 0.4) is 0 Å². The number of aromatic amines is 1. The average molecular weight is 341 g/mol. The standard InChI is InChI=1S/C20H21ClN2O/c1-11-17-15(23-22-11)8-13-9-20(2,3)10-16(24)18(13)19(17)12-5-4-6-14(21)7-12/h4-7,19H,8-10H2,1-3H3,(H,22,23). The Labute approximate surface area is 147 Å². The molecule has 2 aliphatic carbocycles. The number of nitrogens with one attached hydrogen (secondary N) is 1. The van der Waals surface area contributed by atoms with Gasteiger partial charge < -0.3 is 0 Å². The number of aryl methyl sites for hydroxylation is 1. The summed E-state index contributed by atoms with van der Waals surface area (Å²) in [5, 5.41) is 8.33. The molecule has 1 N–H and O–H groups in total. The first kappa shape index (κ1) is 15.6. The van der Waals surface area contributed by atoms with Gasteiger partial charge in [-0.1, -0.05) is 43.2 Å². The predicted molar refractivity (Wildman–Crippen MR) is 95.4 cm³/mol. The quantitative estimate of drug-likeness (QED) is 0.814. The number of carbonyl (C=O) groups is 1. The van der Waals surface area contributed by atoms with Gasteiger partial charge in [0.25, 0.3) is 0 Å². The van der Waals surface area contributed by atoms with Crippen LogP contribution >= 0.6 is 11.6 Å². The molecular weight excluding hydrogens is 320 g/mol. The number of Topliss-reactive ketones (excluding diaryl/α,β-unsaturated/α-hetero) is 1. The summed E-state index contributed by atoms with van der Waals surface area (Å²) in [6.07, 6.45) is 2.34. The van der Waals surface area contributed by atoms with Crippen molar-refractivity contribution < 1.29 is 4.79 Å². The molecule has 1 heterocycles. The number of fused-ring (bicyclic) bond motifs is 1. The fourth-order valence-corrected chi connectivity index (χ4v) is 4.56. The fourth-order valence-electron chi connectivity index (χ4n) is 4.36. The minimum absolute atomic E-state index is 0.0255. The molecule has 24 heavy (non-hydrogen) atoms. The summed E-state index contributed by atoms with van der Waals surface area (Å²) in [4.78, 5) is 13.0. The molecular formula is C20H21ClN2O. The Balaban J connectivity index is 1.95. The van der Waals surface area contributed by atoms with Crippen molar-refractivity contribution in [1.82, 2.24) is 10.2 Å². The second-order valence-electron chi connectivity index (χ2n) is 7.83. The maximum atomic E-state index is 13.0. The Kier molecular flexibility index (Phi) is 3.47. The molecule has 124 valence electrons. The molecule has 0 spiro atoms. The van der Waals surface area contributed by atoms with Gasteiger partial charge in [-0.2, -0.15) is 5.10 Å². The first-order valence-electron chi connectivity index (χ1n) is 8.40. The number of halogens is 1. The zero-order chi connectivity index (χ0) is 17.1. The topological polar surface area (TPSA) is 45.8 Å². The van der Waals surface area contributed by atoms with Crippen LogP contribution in [-0.2, 0) is 11.2 Å². The van der Waals surface area contributed by atoms with E-state index in [4.69, 9.17) is 11.6 Å². The normalized spacial score (nSPS) is 22.3. The third-order valence-corrected chi connectivity index (χ3v) is 5.46. The molecule has 0 aliphatic heterocycles. The summed E-state index contributed by atoms with van der Waals surface area (Å²) in [7, 11) is 0. The molecule has 1 unspecified atom stereocenters. The van der Waals surface area contributed by atoms with Gasteiger partial charge in [0.05, 0.1) is 5.69 Å². The van der Waals surface area contributed by atoms with Gasteiger partial charge in [-0.05, 0) is 36.5 Å². The molecule has 4 heteroatoms. The number of rotatable bonds is 1. The zero-order valence-electron chi connectivity index (χ0n) is 14.2. The highest BCUT2D eigenvalue weighted by Gasteiger charge is 2.41. The lowest BCUT2D eigenvalue weighted by atomic mass is 9.65. The summed E-state index contributed by atoms with van der Waals surface area (Å²) in [5.74, 6) is 0.224. The van der Waals surface area contributed by atoms with Crippen molar-refractivity contribution in [3.8, 4) is 0 Å². The minimum atomic E-state index is -0.0511. The zero-order valence-corrected chi connectivity index (χ0v) is 15.0. The lowest BCUT2D eigenvalue weighted by Crippen LogP contribution is -2.32. The molecule has 0 saturated carbocycles. The third kappa shape index (κ3) is 2.42. The van der Waals surface area contributed by atoms with Crippen LogP contribution < -0.4 is 0 Å². The molecule has 1 aromatic heterocycles. The Morgan fingerprint density at radius 3 is 2.83 bits per heavy atom. The number of H-pyrrole nitrogens is 1. The summed E-state index contributed by atoms with van der Waals surface area (Å²) in [6.45, 7) is 6.38.